The van der Waals surface area contributed by atoms with Gasteiger partial charge < -0.3 is 59.8 Å². The third-order valence-electron chi connectivity index (χ3n) is 6.86. The Hall–Kier alpha value is -6.11. The average molecular weight is 648 g/mol. The van der Waals surface area contributed by atoms with E-state index in [0.717, 1.165) is 18.2 Å². The van der Waals surface area contributed by atoms with Crippen molar-refractivity contribution in [2.45, 2.75) is 30.8 Å². The summed E-state index contributed by atoms with van der Waals surface area (Å²) < 4.78 is 21.3. The smallest absolute Gasteiger partial charge is 0.338 e. The molecule has 8 N–H and O–H groups in total. The van der Waals surface area contributed by atoms with Crippen molar-refractivity contribution in [2.75, 3.05) is 13.2 Å². The summed E-state index contributed by atoms with van der Waals surface area (Å²) in [6.45, 7) is -1.39. The number of aliphatic hydroxyl groups excluding tert-OH is 3. The lowest BCUT2D eigenvalue weighted by molar-refractivity contribution is -0.182. The summed E-state index contributed by atoms with van der Waals surface area (Å²) >= 11 is 0. The molecule has 2 aliphatic rings. The highest BCUT2D eigenvalue weighted by atomic mass is 16.6. The second-order valence-electron chi connectivity index (χ2n) is 9.89. The van der Waals surface area contributed by atoms with Gasteiger partial charge in [-0.2, -0.15) is 4.91 Å². The molecular formula is C27H24N2O17. The first-order valence-electron chi connectivity index (χ1n) is 12.9. The molecule has 1 saturated heterocycles. The topological polar surface area (TPSA) is 309 Å². The monoisotopic (exact) mass is 648 g/mol. The second-order valence-corrected chi connectivity index (χ2v) is 9.89. The molecule has 0 bridgehead atoms. The number of hydrogen-bond acceptors (Lipinski definition) is 19. The minimum absolute atomic E-state index is 0.434. The molecule has 1 aliphatic heterocycles. The van der Waals surface area contributed by atoms with E-state index in [4.69, 9.17) is 18.9 Å². The number of ether oxygens (including phenoxy) is 4. The van der Waals surface area contributed by atoms with Gasteiger partial charge in [0.1, 0.15) is 30.0 Å². The van der Waals surface area contributed by atoms with Crippen LogP contribution in [-0.2, 0) is 23.7 Å². The lowest BCUT2D eigenvalue weighted by Gasteiger charge is -2.38. The highest BCUT2D eigenvalue weighted by Crippen LogP contribution is 2.38. The first-order valence-corrected chi connectivity index (χ1v) is 12.9. The van der Waals surface area contributed by atoms with Crippen LogP contribution >= 0.6 is 0 Å². The van der Waals surface area contributed by atoms with E-state index in [0.29, 0.717) is 12.1 Å². The summed E-state index contributed by atoms with van der Waals surface area (Å²) in [5, 5.41) is 83.1. The second kappa shape index (κ2) is 13.3. The highest BCUT2D eigenvalue weighted by molar-refractivity contribution is 5.92. The minimum atomic E-state index is -1.81. The summed E-state index contributed by atoms with van der Waals surface area (Å²) in [4.78, 5) is 61.4. The van der Waals surface area contributed by atoms with Gasteiger partial charge in [0.05, 0.1) is 23.7 Å². The molecule has 2 aromatic carbocycles. The zero-order chi connectivity index (χ0) is 33.9. The van der Waals surface area contributed by atoms with Crippen LogP contribution in [-0.4, -0.2) is 96.3 Å². The van der Waals surface area contributed by atoms with Gasteiger partial charge in [0, 0.05) is 6.42 Å². The summed E-state index contributed by atoms with van der Waals surface area (Å²) in [7, 11) is 0. The molecule has 1 aliphatic carbocycles. The molecule has 0 radical (unpaired) electrons. The van der Waals surface area contributed by atoms with Gasteiger partial charge >= 0.3 is 17.9 Å². The number of hydrogen-bond donors (Lipinski definition) is 8. The third kappa shape index (κ3) is 6.68. The van der Waals surface area contributed by atoms with Crippen molar-refractivity contribution < 1.29 is 74.2 Å². The van der Waals surface area contributed by atoms with Crippen LogP contribution in [0.25, 0.3) is 0 Å². The molecule has 46 heavy (non-hydrogen) atoms. The number of nitrogens with zero attached hydrogens (tertiary/aromatic N) is 2. The number of carbonyl (C=O) groups excluding carboxylic acids is 3. The molecule has 5 atom stereocenters. The summed E-state index contributed by atoms with van der Waals surface area (Å²) in [5.74, 6) is -11.8. The number of rotatable bonds is 9. The highest BCUT2D eigenvalue weighted by Gasteiger charge is 2.48. The van der Waals surface area contributed by atoms with E-state index in [1.807, 2.05) is 0 Å². The van der Waals surface area contributed by atoms with Crippen molar-refractivity contribution in [1.29, 1.82) is 0 Å². The average Bonchev–Trinajstić information content (AvgIpc) is 3.01. The Morgan fingerprint density at radius 1 is 0.826 bits per heavy atom. The maximum absolute atomic E-state index is 13.0. The molecule has 0 saturated carbocycles. The van der Waals surface area contributed by atoms with Crippen molar-refractivity contribution >= 4 is 23.6 Å². The molecule has 244 valence electrons. The molecule has 4 rings (SSSR count). The Bertz CT molecular complexity index is 1600. The molecule has 0 amide bonds. The largest absolute Gasteiger partial charge is 0.508 e. The summed E-state index contributed by atoms with van der Waals surface area (Å²) in [6.07, 6.45) is -4.52. The van der Waals surface area contributed by atoms with Gasteiger partial charge in [-0.15, -0.1) is 4.91 Å². The van der Waals surface area contributed by atoms with Crippen LogP contribution in [0, 0.1) is 15.7 Å². The van der Waals surface area contributed by atoms with E-state index >= 15 is 0 Å². The molecule has 2 aromatic rings. The van der Waals surface area contributed by atoms with E-state index in [2.05, 4.69) is 10.4 Å². The van der Waals surface area contributed by atoms with Crippen LogP contribution in [0.1, 0.15) is 27.1 Å². The Labute approximate surface area is 255 Å². The van der Waals surface area contributed by atoms with Crippen LogP contribution in [0.15, 0.2) is 58.0 Å². The van der Waals surface area contributed by atoms with Crippen molar-refractivity contribution in [3.8, 4) is 28.7 Å². The van der Waals surface area contributed by atoms with Crippen molar-refractivity contribution in [3.05, 3.63) is 68.6 Å². The van der Waals surface area contributed by atoms with E-state index in [1.54, 1.807) is 0 Å². The molecule has 0 aromatic heterocycles. The van der Waals surface area contributed by atoms with E-state index in [9.17, 15) is 65.0 Å². The van der Waals surface area contributed by atoms with Crippen LogP contribution in [0.5, 0.6) is 28.7 Å². The van der Waals surface area contributed by atoms with Gasteiger partial charge in [-0.05, 0) is 35.5 Å². The molecule has 5 unspecified atom stereocenters. The Morgan fingerprint density at radius 2 is 1.41 bits per heavy atom. The number of esters is 3. The van der Waals surface area contributed by atoms with E-state index < -0.39 is 131 Å². The van der Waals surface area contributed by atoms with Crippen LogP contribution in [0.3, 0.4) is 0 Å². The predicted molar refractivity (Wildman–Crippen MR) is 146 cm³/mol. The molecule has 1 fully saturated rings. The number of aliphatic hydroxyl groups is 3. The maximum atomic E-state index is 13.0. The summed E-state index contributed by atoms with van der Waals surface area (Å²) in [6, 6.07) is 1.17. The molecule has 1 heterocycles. The van der Waals surface area contributed by atoms with Crippen LogP contribution in [0.4, 0.5) is 5.69 Å². The van der Waals surface area contributed by atoms with Crippen LogP contribution in [0.2, 0.25) is 0 Å². The molecule has 0 spiro atoms. The lowest BCUT2D eigenvalue weighted by Crippen LogP contribution is -2.56. The van der Waals surface area contributed by atoms with Gasteiger partial charge in [0.2, 0.25) is 0 Å². The van der Waals surface area contributed by atoms with Gasteiger partial charge in [-0.1, -0.05) is 5.18 Å². The number of allylic oxidation sites excluding steroid dienone is 1. The molecule has 19 nitrogen and oxygen atoms in total. The molecular weight excluding hydrogens is 624 g/mol. The quantitative estimate of drug-likeness (QED) is 0.0836. The van der Waals surface area contributed by atoms with Crippen molar-refractivity contribution in [1.82, 2.24) is 0 Å². The zero-order valence-electron chi connectivity index (χ0n) is 23.0. The Balaban J connectivity index is 1.58. The number of phenolic OH excluding ortho intramolecular Hbond substituents is 5. The fourth-order valence-corrected chi connectivity index (χ4v) is 4.50. The fraction of sp³-hybridized carbons (Fsp3) is 0.296. The number of aromatic hydroxyl groups is 5. The van der Waals surface area contributed by atoms with Crippen LogP contribution < -0.4 is 0 Å². The first-order chi connectivity index (χ1) is 21.7. The van der Waals surface area contributed by atoms with Gasteiger partial charge in [-0.3, -0.25) is 4.79 Å². The number of nitroso groups, excluding NO2 is 2. The Kier molecular flexibility index (Phi) is 9.45. The SMILES string of the molecule is O=Nc1c(O)cc(C(=O)OC2C(COC(=O)c3cc(O)c(O)c(O)c3)OCC(OC(=O)C3C=C(O)C(O)=C(O)C3)C2N=O)cc1O. The zero-order valence-corrected chi connectivity index (χ0v) is 23.0. The van der Waals surface area contributed by atoms with E-state index in [1.165, 1.54) is 0 Å². The van der Waals surface area contributed by atoms with Gasteiger partial charge in [0.25, 0.3) is 0 Å². The lowest BCUT2D eigenvalue weighted by atomic mass is 9.95. The number of carbonyl (C=O) groups is 3. The van der Waals surface area contributed by atoms with Gasteiger partial charge in [-0.25, -0.2) is 9.59 Å². The minimum Gasteiger partial charge on any atom is -0.508 e. The third-order valence-corrected chi connectivity index (χ3v) is 6.86. The number of benzene rings is 2. The Morgan fingerprint density at radius 3 is 1.98 bits per heavy atom. The standard InChI is InChI=1S/C27H24N2O17/c30-12-1-10(2-13(31)20(12)28-41)27(40)46-24-19(8-44-25(38)9-3-14(32)22(36)15(33)4-9)43-7-18(21(24)29-42)45-26(39)11-5-16(34)23(37)17(35)6-11/h1-5,11,18-19,21,24,30-37H,6-8H2. The normalized spacial score (nSPS) is 22.7. The fourth-order valence-electron chi connectivity index (χ4n) is 4.50. The van der Waals surface area contributed by atoms with E-state index in [-0.39, 0.29) is 0 Å². The summed E-state index contributed by atoms with van der Waals surface area (Å²) in [5.41, 5.74) is -1.78. The van der Waals surface area contributed by atoms with Crippen molar-refractivity contribution in [2.24, 2.45) is 16.3 Å². The number of phenols is 5. The maximum Gasteiger partial charge on any atom is 0.338 e. The first kappa shape index (κ1) is 32.8. The predicted octanol–water partition coefficient (Wildman–Crippen LogP) is 2.23. The molecule has 19 heteroatoms. The van der Waals surface area contributed by atoms with Gasteiger partial charge in [0.15, 0.2) is 52.7 Å². The van der Waals surface area contributed by atoms with Crippen molar-refractivity contribution in [3.63, 3.8) is 0 Å².